The van der Waals surface area contributed by atoms with Crippen LogP contribution in [-0.2, 0) is 0 Å². The molecule has 3 heteroatoms. The molecule has 0 bridgehead atoms. The van der Waals surface area contributed by atoms with Crippen LogP contribution in [0.3, 0.4) is 0 Å². The molecule has 1 aromatic carbocycles. The molecule has 1 radical (unpaired) electrons. The summed E-state index contributed by atoms with van der Waals surface area (Å²) in [5, 5.41) is 1.53. The van der Waals surface area contributed by atoms with Gasteiger partial charge in [-0.3, -0.25) is 0 Å². The van der Waals surface area contributed by atoms with E-state index in [-0.39, 0.29) is 22.9 Å². The Morgan fingerprint density at radius 1 is 1.17 bits per heavy atom. The molecule has 2 aromatic rings. The van der Waals surface area contributed by atoms with Crippen molar-refractivity contribution in [3.05, 3.63) is 59.9 Å². The van der Waals surface area contributed by atoms with E-state index in [0.717, 1.165) is 14.2 Å². The molecule has 0 N–H and O–H groups in total. The molecule has 3 atom stereocenters. The van der Waals surface area contributed by atoms with E-state index in [1.807, 2.05) is 0 Å². The van der Waals surface area contributed by atoms with Crippen molar-refractivity contribution >= 4 is 48.9 Å². The van der Waals surface area contributed by atoms with Gasteiger partial charge in [0.15, 0.2) is 0 Å². The van der Waals surface area contributed by atoms with Crippen LogP contribution in [0.4, 0.5) is 0 Å². The van der Waals surface area contributed by atoms with Gasteiger partial charge < -0.3 is 0 Å². The van der Waals surface area contributed by atoms with Crippen molar-refractivity contribution in [2.75, 3.05) is 0 Å². The third-order valence-electron chi connectivity index (χ3n) is 4.23. The Morgan fingerprint density at radius 3 is 2.65 bits per heavy atom. The van der Waals surface area contributed by atoms with Crippen molar-refractivity contribution in [2.24, 2.45) is 5.92 Å². The van der Waals surface area contributed by atoms with Crippen molar-refractivity contribution in [3.63, 3.8) is 0 Å². The molecular formula is C20H24InNP. The molecule has 3 rings (SSSR count). The van der Waals surface area contributed by atoms with Gasteiger partial charge in [0.05, 0.1) is 0 Å². The van der Waals surface area contributed by atoms with E-state index >= 15 is 0 Å². The summed E-state index contributed by atoms with van der Waals surface area (Å²) in [4.78, 5) is 0. The molecule has 1 aromatic heterocycles. The number of para-hydroxylation sites is 1. The van der Waals surface area contributed by atoms with Crippen molar-refractivity contribution in [1.82, 2.24) is 4.57 Å². The summed E-state index contributed by atoms with van der Waals surface area (Å²) in [6.07, 6.45) is 11.7. The number of nitrogens with zero attached hydrogens (tertiary/aromatic N) is 1. The van der Waals surface area contributed by atoms with Crippen LogP contribution >= 0.6 is 8.58 Å². The van der Waals surface area contributed by atoms with Gasteiger partial charge in [-0.2, -0.15) is 0 Å². The van der Waals surface area contributed by atoms with Crippen LogP contribution in [0.2, 0.25) is 8.86 Å². The maximum atomic E-state index is 2.47. The van der Waals surface area contributed by atoms with Crippen LogP contribution in [0.15, 0.2) is 48.7 Å². The Kier molecular flexibility index (Phi) is 5.88. The molecular weight excluding hydrogens is 400 g/mol. The predicted octanol–water partition coefficient (Wildman–Crippen LogP) is 5.02. The number of hydrogen-bond donors (Lipinski definition) is 0. The van der Waals surface area contributed by atoms with Crippen LogP contribution in [0.1, 0.15) is 25.1 Å². The van der Waals surface area contributed by atoms with Gasteiger partial charge in [-0.15, -0.1) is 0 Å². The summed E-state index contributed by atoms with van der Waals surface area (Å²) < 4.78 is 6.34. The molecule has 0 amide bonds. The summed E-state index contributed by atoms with van der Waals surface area (Å²) in [5.74, 6) is 0.506. The third-order valence-corrected chi connectivity index (χ3v) is 10.4. The van der Waals surface area contributed by atoms with Crippen molar-refractivity contribution in [1.29, 1.82) is 0 Å². The minimum atomic E-state index is -0.274. The van der Waals surface area contributed by atoms with E-state index in [1.165, 1.54) is 26.4 Å². The molecule has 1 aliphatic rings. The van der Waals surface area contributed by atoms with E-state index in [0.29, 0.717) is 5.92 Å². The van der Waals surface area contributed by atoms with E-state index in [2.05, 4.69) is 83.9 Å². The first-order valence-corrected chi connectivity index (χ1v) is 15.1. The van der Waals surface area contributed by atoms with Gasteiger partial charge in [0.1, 0.15) is 0 Å². The van der Waals surface area contributed by atoms with E-state index in [1.54, 1.807) is 0 Å². The van der Waals surface area contributed by atoms with Crippen molar-refractivity contribution in [3.8, 4) is 5.69 Å². The Bertz CT molecular complexity index is 715. The molecule has 0 aliphatic heterocycles. The average molecular weight is 424 g/mol. The average Bonchev–Trinajstić information content (AvgIpc) is 2.77. The molecule has 0 saturated heterocycles. The fourth-order valence-electron chi connectivity index (χ4n) is 3.03. The van der Waals surface area contributed by atoms with Crippen LogP contribution in [0.25, 0.3) is 17.8 Å². The van der Waals surface area contributed by atoms with E-state index < -0.39 is 0 Å². The normalized spacial score (nSPS) is 18.1. The van der Waals surface area contributed by atoms with Crippen LogP contribution in [-0.4, -0.2) is 33.1 Å². The minimum absolute atomic E-state index is 0.274. The van der Waals surface area contributed by atoms with E-state index in [9.17, 15) is 0 Å². The zero-order valence-corrected chi connectivity index (χ0v) is 18.5. The molecule has 1 nitrogen and oxygen atoms in total. The molecule has 23 heavy (non-hydrogen) atoms. The monoisotopic (exact) mass is 424 g/mol. The molecule has 1 heterocycles. The standard InChI is InChI=1S/C19H21NP.CH3.In/c1-14(2)21-19-13-20(16-7-5-4-6-8-16)18-12-10-15(3)9-11-17(18)19;;/h4-15,21H,1H2,2-3H3;1H3;. The Balaban J connectivity index is 2.06. The summed E-state index contributed by atoms with van der Waals surface area (Å²) in [6, 6.07) is 10.7. The fraction of sp³-hybridized carbons (Fsp3) is 0.300. The number of fused-ring (bicyclic) bond motifs is 1. The topological polar surface area (TPSA) is 4.93 Å². The summed E-state index contributed by atoms with van der Waals surface area (Å²) >= 11 is -0.274. The zero-order valence-electron chi connectivity index (χ0n) is 14.2. The quantitative estimate of drug-likeness (QED) is 0.595. The second-order valence-corrected chi connectivity index (χ2v) is 11.8. The Labute approximate surface area is 153 Å². The molecule has 0 spiro atoms. The van der Waals surface area contributed by atoms with Crippen LogP contribution in [0.5, 0.6) is 0 Å². The summed E-state index contributed by atoms with van der Waals surface area (Å²) in [6.45, 7) is 4.68. The fourth-order valence-corrected chi connectivity index (χ4v) is 8.86. The van der Waals surface area contributed by atoms with Gasteiger partial charge >= 0.3 is 153 Å². The third kappa shape index (κ3) is 4.03. The van der Waals surface area contributed by atoms with Crippen molar-refractivity contribution in [2.45, 2.75) is 28.4 Å². The predicted molar refractivity (Wildman–Crippen MR) is 107 cm³/mol. The first-order chi connectivity index (χ1) is 11.2. The van der Waals surface area contributed by atoms with Gasteiger partial charge in [0.25, 0.3) is 0 Å². The van der Waals surface area contributed by atoms with Crippen molar-refractivity contribution < 1.29 is 0 Å². The number of allylic oxidation sites excluding steroid dienone is 2. The first kappa shape index (κ1) is 17.1. The number of aromatic nitrogens is 1. The SMILES string of the molecule is [CH3][In][CH2]C(C)Pc1cn(-c2ccccc2)c2c1C=CC(C)C=C2. The van der Waals surface area contributed by atoms with Crippen LogP contribution in [0, 0.1) is 5.92 Å². The van der Waals surface area contributed by atoms with Gasteiger partial charge in [-0.25, -0.2) is 0 Å². The molecule has 1 aliphatic carbocycles. The second-order valence-electron chi connectivity index (χ2n) is 6.31. The number of rotatable bonds is 5. The van der Waals surface area contributed by atoms with Crippen LogP contribution < -0.4 is 5.30 Å². The second kappa shape index (κ2) is 7.90. The van der Waals surface area contributed by atoms with Gasteiger partial charge in [0.2, 0.25) is 0 Å². The first-order valence-electron chi connectivity index (χ1n) is 8.40. The number of hydrogen-bond acceptors (Lipinski definition) is 0. The summed E-state index contributed by atoms with van der Waals surface area (Å²) in [5.41, 5.74) is 4.87. The number of benzene rings is 1. The Hall–Kier alpha value is -0.720. The maximum absolute atomic E-state index is 2.47. The Morgan fingerprint density at radius 2 is 1.91 bits per heavy atom. The van der Waals surface area contributed by atoms with Gasteiger partial charge in [-0.05, 0) is 0 Å². The molecule has 0 saturated carbocycles. The van der Waals surface area contributed by atoms with Gasteiger partial charge in [0, 0.05) is 0 Å². The van der Waals surface area contributed by atoms with E-state index in [4.69, 9.17) is 0 Å². The van der Waals surface area contributed by atoms with Gasteiger partial charge in [-0.1, -0.05) is 0 Å². The molecule has 3 unspecified atom stereocenters. The molecule has 117 valence electrons. The zero-order chi connectivity index (χ0) is 16.2. The molecule has 0 fully saturated rings. The summed E-state index contributed by atoms with van der Waals surface area (Å²) in [7, 11) is 0.920.